The molecule has 2 aromatic rings. The lowest BCUT2D eigenvalue weighted by Gasteiger charge is -2.23. The van der Waals surface area contributed by atoms with E-state index >= 15 is 0 Å². The van der Waals surface area contributed by atoms with E-state index in [9.17, 15) is 14.0 Å². The summed E-state index contributed by atoms with van der Waals surface area (Å²) < 4.78 is 25.0. The maximum atomic E-state index is 14.3. The monoisotopic (exact) mass is 342 g/mol. The van der Waals surface area contributed by atoms with Crippen LogP contribution >= 0.6 is 0 Å². The summed E-state index contributed by atoms with van der Waals surface area (Å²) in [5, 5.41) is 9.11. The summed E-state index contributed by atoms with van der Waals surface area (Å²) in [6, 6.07) is 7.80. The first-order valence-electron chi connectivity index (χ1n) is 7.85. The Balaban J connectivity index is 1.86. The number of ketones is 1. The quantitative estimate of drug-likeness (QED) is 0.908. The minimum Gasteiger partial charge on any atom is -0.476 e. The molecule has 1 heterocycles. The first kappa shape index (κ1) is 15.6. The van der Waals surface area contributed by atoms with Crippen LogP contribution in [-0.4, -0.2) is 23.1 Å². The number of aryl methyl sites for hydroxylation is 1. The molecule has 2 aromatic carbocycles. The van der Waals surface area contributed by atoms with E-state index in [2.05, 4.69) is 0 Å². The van der Waals surface area contributed by atoms with Gasteiger partial charge in [-0.2, -0.15) is 0 Å². The lowest BCUT2D eigenvalue weighted by atomic mass is 9.78. The lowest BCUT2D eigenvalue weighted by Crippen LogP contribution is -2.30. The van der Waals surface area contributed by atoms with E-state index in [1.807, 2.05) is 0 Å². The third-order valence-corrected chi connectivity index (χ3v) is 4.93. The number of hydrogen-bond donors (Lipinski definition) is 1. The van der Waals surface area contributed by atoms with Crippen LogP contribution in [0.2, 0.25) is 0 Å². The van der Waals surface area contributed by atoms with Crippen molar-refractivity contribution in [2.24, 2.45) is 0 Å². The number of rotatable bonds is 2. The van der Waals surface area contributed by atoms with Crippen LogP contribution in [0.4, 0.5) is 4.39 Å². The van der Waals surface area contributed by atoms with Crippen molar-refractivity contribution in [1.29, 1.82) is 0 Å². The van der Waals surface area contributed by atoms with E-state index in [-0.39, 0.29) is 18.0 Å². The fraction of sp³-hybridized carbons (Fsp3) is 0.263. The minimum atomic E-state index is -1.43. The zero-order chi connectivity index (χ0) is 17.9. The van der Waals surface area contributed by atoms with Crippen molar-refractivity contribution < 1.29 is 28.6 Å². The fourth-order valence-corrected chi connectivity index (χ4v) is 3.72. The van der Waals surface area contributed by atoms with E-state index in [0.717, 1.165) is 0 Å². The van der Waals surface area contributed by atoms with Gasteiger partial charge in [-0.1, -0.05) is 18.2 Å². The minimum absolute atomic E-state index is 0.199. The maximum Gasteiger partial charge on any atom is 0.387 e. The number of aliphatic carboxylic acids is 1. The lowest BCUT2D eigenvalue weighted by molar-refractivity contribution is -0.154. The molecule has 0 bridgehead atoms. The molecule has 4 rings (SSSR count). The van der Waals surface area contributed by atoms with E-state index in [1.165, 1.54) is 6.07 Å². The molecule has 6 heteroatoms. The first-order valence-corrected chi connectivity index (χ1v) is 7.85. The van der Waals surface area contributed by atoms with Crippen molar-refractivity contribution in [3.8, 4) is 11.5 Å². The first-order chi connectivity index (χ1) is 11.8. The molecule has 0 radical (unpaired) electrons. The summed E-state index contributed by atoms with van der Waals surface area (Å²) in [5.41, 5.74) is 0.943. The van der Waals surface area contributed by atoms with Crippen molar-refractivity contribution in [2.75, 3.05) is 0 Å². The van der Waals surface area contributed by atoms with E-state index in [4.69, 9.17) is 14.6 Å². The average Bonchev–Trinajstić information content (AvgIpc) is 3.09. The van der Waals surface area contributed by atoms with Crippen LogP contribution in [-0.2, 0) is 16.6 Å². The molecule has 0 saturated carbocycles. The molecule has 1 aliphatic carbocycles. The van der Waals surface area contributed by atoms with Gasteiger partial charge in [0.2, 0.25) is 0 Å². The van der Waals surface area contributed by atoms with E-state index in [1.54, 1.807) is 38.1 Å². The van der Waals surface area contributed by atoms with Crippen LogP contribution in [0.25, 0.3) is 0 Å². The van der Waals surface area contributed by atoms with Gasteiger partial charge in [-0.15, -0.1) is 0 Å². The number of carboxylic acids is 1. The molecular formula is C19H15FO5. The highest BCUT2D eigenvalue weighted by Gasteiger charge is 2.48. The third-order valence-electron chi connectivity index (χ3n) is 4.93. The molecule has 1 aliphatic heterocycles. The second kappa shape index (κ2) is 5.05. The number of halogens is 1. The Labute approximate surface area is 143 Å². The standard InChI is InChI=1S/C19H15FO5/c1-9-7-13-15(25-18(24-13)17(22)23)10-8-19(2,16(21)14(9)10)11-5-3-4-6-12(11)20/h3-7,18H,8H2,1-2H3,(H,22,23). The van der Waals surface area contributed by atoms with Crippen molar-refractivity contribution in [3.05, 3.63) is 58.4 Å². The van der Waals surface area contributed by atoms with Gasteiger partial charge in [0.15, 0.2) is 17.3 Å². The molecule has 0 saturated heterocycles. The number of benzene rings is 2. The van der Waals surface area contributed by atoms with Crippen LogP contribution in [0.5, 0.6) is 11.5 Å². The number of ether oxygens (including phenoxy) is 2. The molecule has 0 fully saturated rings. The molecule has 2 aliphatic rings. The number of carbonyl (C=O) groups is 2. The Morgan fingerprint density at radius 2 is 2.04 bits per heavy atom. The summed E-state index contributed by atoms with van der Waals surface area (Å²) in [7, 11) is 0. The number of fused-ring (bicyclic) bond motifs is 3. The van der Waals surface area contributed by atoms with Crippen molar-refractivity contribution in [2.45, 2.75) is 32.0 Å². The largest absolute Gasteiger partial charge is 0.476 e. The molecule has 2 atom stereocenters. The molecule has 2 unspecified atom stereocenters. The number of hydrogen-bond acceptors (Lipinski definition) is 4. The summed E-state index contributed by atoms with van der Waals surface area (Å²) in [5.74, 6) is -1.32. The molecule has 25 heavy (non-hydrogen) atoms. The highest BCUT2D eigenvalue weighted by Crippen LogP contribution is 2.50. The molecule has 0 aromatic heterocycles. The topological polar surface area (TPSA) is 72.8 Å². The summed E-state index contributed by atoms with van der Waals surface area (Å²) >= 11 is 0. The van der Waals surface area contributed by atoms with Crippen LogP contribution in [0.1, 0.15) is 34.0 Å². The summed E-state index contributed by atoms with van der Waals surface area (Å²) in [6.07, 6.45) is -1.21. The van der Waals surface area contributed by atoms with Gasteiger partial charge in [0.25, 0.3) is 0 Å². The zero-order valence-electron chi connectivity index (χ0n) is 13.6. The van der Waals surface area contributed by atoms with Gasteiger partial charge in [0.05, 0.1) is 5.41 Å². The van der Waals surface area contributed by atoms with E-state index in [0.29, 0.717) is 28.0 Å². The number of carboxylic acid groups (broad SMARTS) is 1. The second-order valence-corrected chi connectivity index (χ2v) is 6.60. The van der Waals surface area contributed by atoms with Crippen LogP contribution in [0, 0.1) is 12.7 Å². The summed E-state index contributed by atoms with van der Waals surface area (Å²) in [4.78, 5) is 24.3. The molecular weight excluding hydrogens is 327 g/mol. The maximum absolute atomic E-state index is 14.3. The van der Waals surface area contributed by atoms with Gasteiger partial charge in [-0.3, -0.25) is 4.79 Å². The normalized spacial score (nSPS) is 23.6. The molecule has 5 nitrogen and oxygen atoms in total. The van der Waals surface area contributed by atoms with Gasteiger partial charge >= 0.3 is 12.3 Å². The second-order valence-electron chi connectivity index (χ2n) is 6.60. The van der Waals surface area contributed by atoms with Crippen LogP contribution in [0.3, 0.4) is 0 Å². The van der Waals surface area contributed by atoms with Crippen molar-refractivity contribution >= 4 is 11.8 Å². The molecule has 128 valence electrons. The zero-order valence-corrected chi connectivity index (χ0v) is 13.6. The highest BCUT2D eigenvalue weighted by molar-refractivity contribution is 6.10. The highest BCUT2D eigenvalue weighted by atomic mass is 19.1. The Bertz CT molecular complexity index is 936. The Hall–Kier alpha value is -2.89. The number of carbonyl (C=O) groups excluding carboxylic acids is 1. The third kappa shape index (κ3) is 2.06. The SMILES string of the molecule is Cc1cc2c(c3c1C(=O)C(C)(c1ccccc1F)C3)OC(C(=O)O)O2. The molecule has 0 amide bonds. The summed E-state index contributed by atoms with van der Waals surface area (Å²) in [6.45, 7) is 3.45. The van der Waals surface area contributed by atoms with Gasteiger partial charge in [-0.25, -0.2) is 9.18 Å². The average molecular weight is 342 g/mol. The Morgan fingerprint density at radius 1 is 1.32 bits per heavy atom. The predicted octanol–water partition coefficient (Wildman–Crippen LogP) is 3.01. The smallest absolute Gasteiger partial charge is 0.387 e. The van der Waals surface area contributed by atoms with Gasteiger partial charge in [0.1, 0.15) is 5.82 Å². The van der Waals surface area contributed by atoms with Gasteiger partial charge in [-0.05, 0) is 38.0 Å². The predicted molar refractivity (Wildman–Crippen MR) is 85.6 cm³/mol. The Kier molecular flexibility index (Phi) is 3.16. The van der Waals surface area contributed by atoms with Crippen molar-refractivity contribution in [3.63, 3.8) is 0 Å². The fourth-order valence-electron chi connectivity index (χ4n) is 3.72. The van der Waals surface area contributed by atoms with Crippen molar-refractivity contribution in [1.82, 2.24) is 0 Å². The van der Waals surface area contributed by atoms with Gasteiger partial charge in [0, 0.05) is 16.7 Å². The van der Waals surface area contributed by atoms with E-state index < -0.39 is 23.5 Å². The van der Waals surface area contributed by atoms with Crippen LogP contribution < -0.4 is 9.47 Å². The molecule has 1 N–H and O–H groups in total. The Morgan fingerprint density at radius 3 is 2.72 bits per heavy atom. The molecule has 0 spiro atoms. The van der Waals surface area contributed by atoms with Crippen LogP contribution in [0.15, 0.2) is 30.3 Å². The number of Topliss-reactive ketones (excluding diaryl/α,β-unsaturated/α-hetero) is 1. The van der Waals surface area contributed by atoms with Gasteiger partial charge < -0.3 is 14.6 Å².